The predicted octanol–water partition coefficient (Wildman–Crippen LogP) is 3.04. The number of aryl methyl sites for hydroxylation is 1. The van der Waals surface area contributed by atoms with Gasteiger partial charge in [-0.05, 0) is 30.7 Å². The minimum atomic E-state index is -3.32. The second kappa shape index (κ2) is 11.3. The summed E-state index contributed by atoms with van der Waals surface area (Å²) >= 11 is 6.48. The van der Waals surface area contributed by atoms with Crippen molar-refractivity contribution in [2.24, 2.45) is 0 Å². The van der Waals surface area contributed by atoms with Crippen LogP contribution in [0.2, 0.25) is 5.02 Å². The number of aromatic nitrogens is 3. The summed E-state index contributed by atoms with van der Waals surface area (Å²) in [7, 11) is -3.32. The number of sulfonamides is 1. The molecule has 0 unspecified atom stereocenters. The Kier molecular flexibility index (Phi) is 7.93. The van der Waals surface area contributed by atoms with Crippen LogP contribution in [0.3, 0.4) is 0 Å². The van der Waals surface area contributed by atoms with Crippen molar-refractivity contribution in [1.82, 2.24) is 24.0 Å². The van der Waals surface area contributed by atoms with Crippen molar-refractivity contribution in [2.75, 3.05) is 45.6 Å². The maximum atomic E-state index is 12.4. The summed E-state index contributed by atoms with van der Waals surface area (Å²) < 4.78 is 33.8. The van der Waals surface area contributed by atoms with Crippen molar-refractivity contribution in [3.63, 3.8) is 0 Å². The number of fused-ring (bicyclic) bond motifs is 1. The molecular formula is C27H30ClN5O3S. The molecule has 2 aromatic heterocycles. The molecule has 0 atom stereocenters. The van der Waals surface area contributed by atoms with Gasteiger partial charge >= 0.3 is 0 Å². The van der Waals surface area contributed by atoms with Crippen molar-refractivity contribution in [1.29, 1.82) is 0 Å². The van der Waals surface area contributed by atoms with Gasteiger partial charge in [0.1, 0.15) is 0 Å². The van der Waals surface area contributed by atoms with E-state index in [9.17, 15) is 8.42 Å². The highest BCUT2D eigenvalue weighted by molar-refractivity contribution is 7.88. The van der Waals surface area contributed by atoms with Crippen LogP contribution in [0.5, 0.6) is 0 Å². The summed E-state index contributed by atoms with van der Waals surface area (Å²) in [6.45, 7) is 6.02. The Hall–Kier alpha value is -2.74. The minimum absolute atomic E-state index is 0.312. The van der Waals surface area contributed by atoms with Gasteiger partial charge in [0.05, 0.1) is 30.2 Å². The molecule has 10 heteroatoms. The third kappa shape index (κ3) is 6.22. The smallest absolute Gasteiger partial charge is 0.211 e. The third-order valence-corrected chi connectivity index (χ3v) is 8.34. The largest absolute Gasteiger partial charge is 0.379 e. The van der Waals surface area contributed by atoms with E-state index in [0.29, 0.717) is 30.1 Å². The maximum Gasteiger partial charge on any atom is 0.211 e. The van der Waals surface area contributed by atoms with Gasteiger partial charge in [-0.25, -0.2) is 8.42 Å². The van der Waals surface area contributed by atoms with Crippen molar-refractivity contribution in [3.05, 3.63) is 70.1 Å². The van der Waals surface area contributed by atoms with Crippen molar-refractivity contribution in [3.8, 4) is 23.1 Å². The molecule has 0 amide bonds. The Morgan fingerprint density at radius 2 is 1.95 bits per heavy atom. The second-order valence-corrected chi connectivity index (χ2v) is 11.7. The summed E-state index contributed by atoms with van der Waals surface area (Å²) in [5.74, 6) is 6.26. The summed E-state index contributed by atoms with van der Waals surface area (Å²) in [5, 5.41) is 5.55. The lowest BCUT2D eigenvalue weighted by molar-refractivity contribution is 0.0368. The van der Waals surface area contributed by atoms with Crippen LogP contribution in [0, 0.1) is 11.8 Å². The molecule has 37 heavy (non-hydrogen) atoms. The molecule has 5 rings (SSSR count). The van der Waals surface area contributed by atoms with E-state index in [4.69, 9.17) is 21.4 Å². The molecule has 0 radical (unpaired) electrons. The fourth-order valence-corrected chi connectivity index (χ4v) is 5.73. The molecule has 0 saturated carbocycles. The molecule has 2 aliphatic heterocycles. The Bertz CT molecular complexity index is 1420. The fraction of sp³-hybridized carbons (Fsp3) is 0.407. The van der Waals surface area contributed by atoms with Gasteiger partial charge in [-0.1, -0.05) is 29.5 Å². The van der Waals surface area contributed by atoms with Gasteiger partial charge in [0, 0.05) is 86.0 Å². The minimum Gasteiger partial charge on any atom is -0.379 e. The van der Waals surface area contributed by atoms with Crippen LogP contribution in [0.25, 0.3) is 11.3 Å². The van der Waals surface area contributed by atoms with Crippen LogP contribution < -0.4 is 0 Å². The van der Waals surface area contributed by atoms with E-state index in [1.807, 2.05) is 30.3 Å². The van der Waals surface area contributed by atoms with Gasteiger partial charge in [0.2, 0.25) is 10.0 Å². The Labute approximate surface area is 223 Å². The molecule has 4 heterocycles. The lowest BCUT2D eigenvalue weighted by Gasteiger charge is -2.27. The summed E-state index contributed by atoms with van der Waals surface area (Å²) in [6, 6.07) is 9.43. The number of morpholine rings is 1. The average molecular weight is 540 g/mol. The van der Waals surface area contributed by atoms with E-state index in [0.717, 1.165) is 73.9 Å². The molecule has 1 saturated heterocycles. The van der Waals surface area contributed by atoms with Crippen molar-refractivity contribution < 1.29 is 13.2 Å². The summed E-state index contributed by atoms with van der Waals surface area (Å²) in [4.78, 5) is 6.52. The highest BCUT2D eigenvalue weighted by Gasteiger charge is 2.29. The number of pyridine rings is 1. The summed E-state index contributed by atoms with van der Waals surface area (Å²) in [5.41, 5.74) is 5.21. The molecule has 0 bridgehead atoms. The quantitative estimate of drug-likeness (QED) is 0.448. The second-order valence-electron chi connectivity index (χ2n) is 9.34. The summed E-state index contributed by atoms with van der Waals surface area (Å²) in [6.07, 6.45) is 6.28. The van der Waals surface area contributed by atoms with E-state index in [-0.39, 0.29) is 0 Å². The van der Waals surface area contributed by atoms with Crippen LogP contribution in [0.1, 0.15) is 28.8 Å². The van der Waals surface area contributed by atoms with Gasteiger partial charge in [-0.15, -0.1) is 0 Å². The van der Waals surface area contributed by atoms with Crippen LogP contribution in [0.4, 0.5) is 0 Å². The monoisotopic (exact) mass is 539 g/mol. The third-order valence-electron chi connectivity index (χ3n) is 6.76. The normalized spacial score (nSPS) is 16.7. The molecule has 0 N–H and O–H groups in total. The van der Waals surface area contributed by atoms with E-state index < -0.39 is 10.0 Å². The molecule has 3 aromatic rings. The topological polar surface area (TPSA) is 80.6 Å². The van der Waals surface area contributed by atoms with Crippen LogP contribution >= 0.6 is 11.6 Å². The molecular weight excluding hydrogens is 510 g/mol. The number of hydrogen-bond donors (Lipinski definition) is 0. The van der Waals surface area contributed by atoms with Crippen LogP contribution in [0.15, 0.2) is 42.7 Å². The van der Waals surface area contributed by atoms with Crippen LogP contribution in [-0.4, -0.2) is 78.0 Å². The fourth-order valence-electron chi connectivity index (χ4n) is 4.78. The van der Waals surface area contributed by atoms with E-state index >= 15 is 0 Å². The van der Waals surface area contributed by atoms with Gasteiger partial charge in [-0.2, -0.15) is 9.40 Å². The zero-order valence-electron chi connectivity index (χ0n) is 20.9. The van der Waals surface area contributed by atoms with Crippen LogP contribution in [-0.2, 0) is 34.3 Å². The zero-order valence-corrected chi connectivity index (χ0v) is 22.4. The van der Waals surface area contributed by atoms with E-state index in [2.05, 4.69) is 26.4 Å². The lowest BCUT2D eigenvalue weighted by Crippen LogP contribution is -2.37. The number of ether oxygens (including phenoxy) is 1. The predicted molar refractivity (Wildman–Crippen MR) is 144 cm³/mol. The van der Waals surface area contributed by atoms with E-state index in [1.165, 1.54) is 10.6 Å². The number of halogens is 1. The standard InChI is InChI=1S/C27H30ClN5O3S/c1-37(34,35)32-13-9-26-24(20-32)27(30-33(26)12-3-11-31-14-16-36-17-15-31)23-7-8-25(28)22(18-23)6-5-21-4-2-10-29-19-21/h2,4,7-8,10,18-19H,3,9,11-17,20H2,1H3. The average Bonchev–Trinajstić information content (AvgIpc) is 3.27. The number of hydrogen-bond acceptors (Lipinski definition) is 6. The molecule has 8 nitrogen and oxygen atoms in total. The first-order valence-electron chi connectivity index (χ1n) is 12.4. The highest BCUT2D eigenvalue weighted by Crippen LogP contribution is 2.33. The lowest BCUT2D eigenvalue weighted by atomic mass is 10.0. The molecule has 0 spiro atoms. The first kappa shape index (κ1) is 25.9. The zero-order chi connectivity index (χ0) is 25.8. The Balaban J connectivity index is 1.46. The van der Waals surface area contributed by atoms with Crippen molar-refractivity contribution >= 4 is 21.6 Å². The van der Waals surface area contributed by atoms with Gasteiger partial charge in [0.15, 0.2) is 0 Å². The highest BCUT2D eigenvalue weighted by atomic mass is 35.5. The van der Waals surface area contributed by atoms with Crippen molar-refractivity contribution in [2.45, 2.75) is 25.9 Å². The first-order valence-corrected chi connectivity index (χ1v) is 14.7. The van der Waals surface area contributed by atoms with Gasteiger partial charge in [-0.3, -0.25) is 14.6 Å². The first-order chi connectivity index (χ1) is 17.9. The van der Waals surface area contributed by atoms with Gasteiger partial charge < -0.3 is 4.74 Å². The number of rotatable bonds is 6. The SMILES string of the molecule is CS(=O)(=O)N1CCc2c(c(-c3ccc(Cl)c(C#Cc4cccnc4)c3)nn2CCCN2CCOCC2)C1. The molecule has 1 aromatic carbocycles. The van der Waals surface area contributed by atoms with E-state index in [1.54, 1.807) is 12.4 Å². The Morgan fingerprint density at radius 3 is 2.70 bits per heavy atom. The molecule has 2 aliphatic rings. The molecule has 1 fully saturated rings. The Morgan fingerprint density at radius 1 is 1.11 bits per heavy atom. The van der Waals surface area contributed by atoms with Gasteiger partial charge in [0.25, 0.3) is 0 Å². The number of nitrogens with zero attached hydrogens (tertiary/aromatic N) is 5. The molecule has 194 valence electrons. The number of benzene rings is 1. The maximum absolute atomic E-state index is 12.4. The molecule has 0 aliphatic carbocycles.